The zero-order chi connectivity index (χ0) is 19.8. The highest BCUT2D eigenvalue weighted by atomic mass is 32.2. The lowest BCUT2D eigenvalue weighted by atomic mass is 10.1. The van der Waals surface area contributed by atoms with Crippen molar-refractivity contribution in [1.82, 2.24) is 14.9 Å². The van der Waals surface area contributed by atoms with Gasteiger partial charge in [0.05, 0.1) is 11.4 Å². The van der Waals surface area contributed by atoms with Crippen LogP contribution in [-0.2, 0) is 11.8 Å². The van der Waals surface area contributed by atoms with E-state index in [1.807, 2.05) is 19.1 Å². The number of amides is 1. The molecule has 146 valence electrons. The number of rotatable bonds is 9. The van der Waals surface area contributed by atoms with Crippen molar-refractivity contribution in [1.29, 1.82) is 0 Å². The van der Waals surface area contributed by atoms with Crippen molar-refractivity contribution >= 4 is 17.7 Å². The fraction of sp³-hybridized carbons (Fsp3) is 0.304. The standard InChI is InChI=1S/C23H27N3OS/c1-3-20(27)24-16-10-11-17-28-23-25-21(18-12-6-4-7-13-18)22(26(23)2)19-14-8-5-9-15-19/h4-9,12-15H,3,10-11,16-17H2,1-2H3,(H,24,27). The van der Waals surface area contributed by atoms with Gasteiger partial charge in [0, 0.05) is 36.9 Å². The molecule has 28 heavy (non-hydrogen) atoms. The quantitative estimate of drug-likeness (QED) is 0.404. The molecule has 0 unspecified atom stereocenters. The lowest BCUT2D eigenvalue weighted by molar-refractivity contribution is -0.120. The third kappa shape index (κ3) is 5.04. The molecule has 2 aromatic carbocycles. The topological polar surface area (TPSA) is 46.9 Å². The summed E-state index contributed by atoms with van der Waals surface area (Å²) in [5.41, 5.74) is 4.47. The molecule has 3 rings (SSSR count). The van der Waals surface area contributed by atoms with Gasteiger partial charge in [0.1, 0.15) is 0 Å². The summed E-state index contributed by atoms with van der Waals surface area (Å²) in [6, 6.07) is 20.8. The average molecular weight is 394 g/mol. The van der Waals surface area contributed by atoms with Gasteiger partial charge < -0.3 is 9.88 Å². The Bertz CT molecular complexity index is 891. The lowest BCUT2D eigenvalue weighted by Gasteiger charge is -2.08. The first kappa shape index (κ1) is 20.2. The maximum Gasteiger partial charge on any atom is 0.219 e. The van der Waals surface area contributed by atoms with Crippen LogP contribution in [0.2, 0.25) is 0 Å². The first-order valence-corrected chi connectivity index (χ1v) is 10.8. The Labute approximate surface area is 171 Å². The Morgan fingerprint density at radius 3 is 2.29 bits per heavy atom. The summed E-state index contributed by atoms with van der Waals surface area (Å²) in [6.45, 7) is 2.62. The third-order valence-corrected chi connectivity index (χ3v) is 5.71. The van der Waals surface area contributed by atoms with E-state index < -0.39 is 0 Å². The molecule has 4 nitrogen and oxygen atoms in total. The van der Waals surface area contributed by atoms with Gasteiger partial charge in [0.15, 0.2) is 5.16 Å². The molecular weight excluding hydrogens is 366 g/mol. The highest BCUT2D eigenvalue weighted by Crippen LogP contribution is 2.35. The van der Waals surface area contributed by atoms with Crippen LogP contribution < -0.4 is 5.32 Å². The van der Waals surface area contributed by atoms with Gasteiger partial charge in [-0.3, -0.25) is 4.79 Å². The number of benzene rings is 2. The molecule has 0 aliphatic rings. The van der Waals surface area contributed by atoms with Gasteiger partial charge in [-0.05, 0) is 12.8 Å². The molecule has 0 bridgehead atoms. The van der Waals surface area contributed by atoms with E-state index >= 15 is 0 Å². The van der Waals surface area contributed by atoms with Gasteiger partial charge in [0.25, 0.3) is 0 Å². The van der Waals surface area contributed by atoms with E-state index in [0.29, 0.717) is 6.42 Å². The van der Waals surface area contributed by atoms with Crippen molar-refractivity contribution in [3.05, 3.63) is 60.7 Å². The number of aromatic nitrogens is 2. The minimum Gasteiger partial charge on any atom is -0.356 e. The van der Waals surface area contributed by atoms with E-state index in [0.717, 1.165) is 47.2 Å². The fourth-order valence-electron chi connectivity index (χ4n) is 3.07. The molecule has 1 N–H and O–H groups in total. The zero-order valence-electron chi connectivity index (χ0n) is 16.5. The van der Waals surface area contributed by atoms with E-state index in [2.05, 4.69) is 65.5 Å². The summed E-state index contributed by atoms with van der Waals surface area (Å²) in [6.07, 6.45) is 2.58. The maximum absolute atomic E-state index is 11.3. The second-order valence-electron chi connectivity index (χ2n) is 6.64. The molecule has 0 aliphatic carbocycles. The summed E-state index contributed by atoms with van der Waals surface area (Å²) in [5, 5.41) is 3.95. The molecule has 0 fully saturated rings. The van der Waals surface area contributed by atoms with E-state index in [1.54, 1.807) is 11.8 Å². The van der Waals surface area contributed by atoms with Crippen molar-refractivity contribution in [2.75, 3.05) is 12.3 Å². The summed E-state index contributed by atoms with van der Waals surface area (Å²) in [5.74, 6) is 1.10. The van der Waals surface area contributed by atoms with Crippen LogP contribution in [0.25, 0.3) is 22.5 Å². The molecule has 1 aromatic heterocycles. The molecule has 1 amide bonds. The number of thioether (sulfide) groups is 1. The summed E-state index contributed by atoms with van der Waals surface area (Å²) >= 11 is 1.78. The Morgan fingerprint density at radius 1 is 1.00 bits per heavy atom. The van der Waals surface area contributed by atoms with E-state index in [9.17, 15) is 4.79 Å². The minimum absolute atomic E-state index is 0.122. The molecule has 3 aromatic rings. The predicted octanol–water partition coefficient (Wildman–Crippen LogP) is 5.15. The van der Waals surface area contributed by atoms with Gasteiger partial charge in [-0.1, -0.05) is 79.3 Å². The lowest BCUT2D eigenvalue weighted by Crippen LogP contribution is -2.23. The molecule has 0 radical (unpaired) electrons. The second-order valence-corrected chi connectivity index (χ2v) is 7.70. The number of nitrogens with zero attached hydrogens (tertiary/aromatic N) is 2. The van der Waals surface area contributed by atoms with Crippen LogP contribution in [0, 0.1) is 0 Å². The molecule has 1 heterocycles. The van der Waals surface area contributed by atoms with Crippen LogP contribution in [0.5, 0.6) is 0 Å². The molecule has 0 spiro atoms. The first-order chi connectivity index (χ1) is 13.7. The van der Waals surface area contributed by atoms with Gasteiger partial charge in [-0.25, -0.2) is 4.98 Å². The predicted molar refractivity (Wildman–Crippen MR) is 117 cm³/mol. The Morgan fingerprint density at radius 2 is 1.64 bits per heavy atom. The van der Waals surface area contributed by atoms with Crippen LogP contribution >= 0.6 is 11.8 Å². The number of carbonyl (C=O) groups excluding carboxylic acids is 1. The average Bonchev–Trinajstić information content (AvgIpc) is 3.07. The van der Waals surface area contributed by atoms with Crippen LogP contribution in [-0.4, -0.2) is 27.8 Å². The van der Waals surface area contributed by atoms with E-state index in [4.69, 9.17) is 4.98 Å². The van der Waals surface area contributed by atoms with Crippen LogP contribution in [0.15, 0.2) is 65.8 Å². The number of unbranched alkanes of at least 4 members (excludes halogenated alkanes) is 1. The third-order valence-electron chi connectivity index (χ3n) is 4.59. The SMILES string of the molecule is CCC(=O)NCCCCSc1nc(-c2ccccc2)c(-c2ccccc2)n1C. The minimum atomic E-state index is 0.122. The second kappa shape index (κ2) is 10.1. The molecular formula is C23H27N3OS. The normalized spacial score (nSPS) is 10.8. The van der Waals surface area contributed by atoms with Gasteiger partial charge in [-0.15, -0.1) is 0 Å². The molecule has 0 saturated heterocycles. The van der Waals surface area contributed by atoms with Crippen LogP contribution in [0.3, 0.4) is 0 Å². The molecule has 0 saturated carbocycles. The van der Waals surface area contributed by atoms with Gasteiger partial charge >= 0.3 is 0 Å². The molecule has 5 heteroatoms. The Kier molecular flexibility index (Phi) is 7.31. The van der Waals surface area contributed by atoms with Crippen LogP contribution in [0.4, 0.5) is 0 Å². The number of hydrogen-bond donors (Lipinski definition) is 1. The first-order valence-electron chi connectivity index (χ1n) is 9.77. The summed E-state index contributed by atoms with van der Waals surface area (Å²) < 4.78 is 2.20. The number of nitrogens with one attached hydrogen (secondary N) is 1. The molecule has 0 atom stereocenters. The van der Waals surface area contributed by atoms with Gasteiger partial charge in [-0.2, -0.15) is 0 Å². The van der Waals surface area contributed by atoms with Crippen molar-refractivity contribution in [2.45, 2.75) is 31.3 Å². The zero-order valence-corrected chi connectivity index (χ0v) is 17.3. The van der Waals surface area contributed by atoms with Crippen molar-refractivity contribution in [3.8, 4) is 22.5 Å². The summed E-state index contributed by atoms with van der Waals surface area (Å²) in [4.78, 5) is 16.3. The monoisotopic (exact) mass is 393 g/mol. The van der Waals surface area contributed by atoms with Gasteiger partial charge in [0.2, 0.25) is 5.91 Å². The largest absolute Gasteiger partial charge is 0.356 e. The molecule has 0 aliphatic heterocycles. The van der Waals surface area contributed by atoms with E-state index in [1.165, 1.54) is 5.56 Å². The number of carbonyl (C=O) groups is 1. The summed E-state index contributed by atoms with van der Waals surface area (Å²) in [7, 11) is 2.09. The number of imidazole rings is 1. The number of hydrogen-bond acceptors (Lipinski definition) is 3. The van der Waals surface area contributed by atoms with Crippen LogP contribution in [0.1, 0.15) is 26.2 Å². The Hall–Kier alpha value is -2.53. The maximum atomic E-state index is 11.3. The fourth-order valence-corrected chi connectivity index (χ4v) is 4.05. The van der Waals surface area contributed by atoms with Crippen molar-refractivity contribution in [3.63, 3.8) is 0 Å². The van der Waals surface area contributed by atoms with Crippen molar-refractivity contribution < 1.29 is 4.79 Å². The highest BCUT2D eigenvalue weighted by molar-refractivity contribution is 7.99. The Balaban J connectivity index is 1.74. The van der Waals surface area contributed by atoms with E-state index in [-0.39, 0.29) is 5.91 Å². The van der Waals surface area contributed by atoms with Crippen molar-refractivity contribution in [2.24, 2.45) is 7.05 Å². The highest BCUT2D eigenvalue weighted by Gasteiger charge is 2.17. The smallest absolute Gasteiger partial charge is 0.219 e.